The number of halogens is 1. The van der Waals surface area contributed by atoms with E-state index in [2.05, 4.69) is 15.3 Å². The van der Waals surface area contributed by atoms with Crippen LogP contribution >= 0.6 is 0 Å². The van der Waals surface area contributed by atoms with Gasteiger partial charge in [0, 0.05) is 31.5 Å². The van der Waals surface area contributed by atoms with Gasteiger partial charge in [0.1, 0.15) is 11.9 Å². The zero-order valence-electron chi connectivity index (χ0n) is 15.4. The summed E-state index contributed by atoms with van der Waals surface area (Å²) in [5, 5.41) is 6.25. The van der Waals surface area contributed by atoms with E-state index in [-0.39, 0.29) is 24.8 Å². The average molecular weight is 388 g/mol. The molecule has 3 aliphatic rings. The first-order valence-electron chi connectivity index (χ1n) is 9.26. The number of carbonyl (C=O) groups is 2. The minimum atomic E-state index is -0.550. The summed E-state index contributed by atoms with van der Waals surface area (Å²) in [4.78, 5) is 29.3. The predicted molar refractivity (Wildman–Crippen MR) is 99.4 cm³/mol. The lowest BCUT2D eigenvalue weighted by Gasteiger charge is -2.23. The number of cyclic esters (lactones) is 1. The van der Waals surface area contributed by atoms with Crippen LogP contribution in [0.4, 0.5) is 20.6 Å². The third kappa shape index (κ3) is 3.43. The van der Waals surface area contributed by atoms with Gasteiger partial charge in [-0.15, -0.1) is 0 Å². The lowest BCUT2D eigenvalue weighted by molar-refractivity contribution is -0.119. The van der Waals surface area contributed by atoms with Crippen LogP contribution < -0.4 is 15.1 Å². The van der Waals surface area contributed by atoms with Gasteiger partial charge in [0.25, 0.3) is 0 Å². The largest absolute Gasteiger partial charge is 0.442 e. The molecule has 1 unspecified atom stereocenters. The molecule has 1 aromatic rings. The van der Waals surface area contributed by atoms with Gasteiger partial charge in [0.15, 0.2) is 0 Å². The van der Waals surface area contributed by atoms with E-state index in [1.165, 1.54) is 17.9 Å². The van der Waals surface area contributed by atoms with Gasteiger partial charge in [-0.05, 0) is 41.5 Å². The van der Waals surface area contributed by atoms with Gasteiger partial charge in [0.05, 0.1) is 24.5 Å². The first kappa shape index (κ1) is 18.4. The van der Waals surface area contributed by atoms with E-state index in [1.54, 1.807) is 12.1 Å². The maximum absolute atomic E-state index is 14.7. The van der Waals surface area contributed by atoms with Crippen molar-refractivity contribution in [3.63, 3.8) is 0 Å². The second-order valence-electron chi connectivity index (χ2n) is 7.50. The van der Waals surface area contributed by atoms with Gasteiger partial charge in [-0.1, -0.05) is 5.11 Å². The molecule has 0 bridgehead atoms. The number of benzene rings is 1. The second-order valence-corrected chi connectivity index (χ2v) is 7.50. The molecule has 2 saturated heterocycles. The van der Waals surface area contributed by atoms with Gasteiger partial charge in [-0.2, -0.15) is 0 Å². The van der Waals surface area contributed by atoms with E-state index in [0.717, 1.165) is 13.1 Å². The fourth-order valence-electron chi connectivity index (χ4n) is 4.26. The molecule has 1 aromatic carbocycles. The number of hydrogen-bond donors (Lipinski definition) is 1. The lowest BCUT2D eigenvalue weighted by Crippen LogP contribution is -2.33. The number of nitrogens with one attached hydrogen (secondary N) is 1. The van der Waals surface area contributed by atoms with Gasteiger partial charge in [-0.25, -0.2) is 9.18 Å². The van der Waals surface area contributed by atoms with Crippen LogP contribution in [0.25, 0.3) is 10.4 Å². The molecule has 3 fully saturated rings. The predicted octanol–water partition coefficient (Wildman–Crippen LogP) is 2.28. The first-order valence-corrected chi connectivity index (χ1v) is 9.26. The van der Waals surface area contributed by atoms with Crippen molar-refractivity contribution in [3.05, 3.63) is 34.5 Å². The van der Waals surface area contributed by atoms with Crippen molar-refractivity contribution in [1.82, 2.24) is 5.32 Å². The number of fused-ring (bicyclic) bond motifs is 1. The molecule has 0 radical (unpaired) electrons. The molecule has 2 heterocycles. The summed E-state index contributed by atoms with van der Waals surface area (Å²) in [7, 11) is 0. The lowest BCUT2D eigenvalue weighted by atomic mass is 10.2. The topological polar surface area (TPSA) is 111 Å². The summed E-state index contributed by atoms with van der Waals surface area (Å²) in [6.45, 7) is 3.88. The number of anilines is 2. The van der Waals surface area contributed by atoms with Gasteiger partial charge in [0.2, 0.25) is 5.91 Å². The number of piperidine rings is 1. The molecule has 10 heteroatoms. The molecule has 4 rings (SSSR count). The highest BCUT2D eigenvalue weighted by molar-refractivity contribution is 5.90. The van der Waals surface area contributed by atoms with E-state index in [1.807, 2.05) is 4.90 Å². The Bertz CT molecular complexity index is 846. The zero-order valence-corrected chi connectivity index (χ0v) is 15.4. The van der Waals surface area contributed by atoms with Crippen LogP contribution in [0.5, 0.6) is 0 Å². The fourth-order valence-corrected chi connectivity index (χ4v) is 4.26. The van der Waals surface area contributed by atoms with Crippen molar-refractivity contribution in [2.75, 3.05) is 42.5 Å². The fraction of sp³-hybridized carbons (Fsp3) is 0.556. The Morgan fingerprint density at radius 3 is 2.79 bits per heavy atom. The molecule has 1 saturated carbocycles. The Labute approximate surface area is 161 Å². The Balaban J connectivity index is 1.38. The van der Waals surface area contributed by atoms with Crippen molar-refractivity contribution in [2.24, 2.45) is 22.9 Å². The summed E-state index contributed by atoms with van der Waals surface area (Å²) in [5.74, 6) is 0.730. The number of nitrogens with zero attached hydrogens (tertiary/aromatic N) is 5. The number of azide groups is 1. The van der Waals surface area contributed by atoms with Crippen LogP contribution in [0, 0.1) is 23.6 Å². The van der Waals surface area contributed by atoms with E-state index < -0.39 is 12.2 Å². The zero-order chi connectivity index (χ0) is 19.8. The third-order valence-corrected chi connectivity index (χ3v) is 5.76. The first-order chi connectivity index (χ1) is 13.5. The number of rotatable bonds is 6. The van der Waals surface area contributed by atoms with Crippen molar-refractivity contribution in [1.29, 1.82) is 0 Å². The standard InChI is InChI=1S/C18H21FN6O3/c1-10(26)21-5-12-7-25(18(27)28-12)11-2-3-17(16(19)4-11)24-8-14-13(6-22-23-20)15(14)9-24/h2-4,12-15H,5-9H2,1H3,(H,21,26)/t12-,13?,14-,15+/m0/s1. The maximum Gasteiger partial charge on any atom is 0.414 e. The van der Waals surface area contributed by atoms with Crippen molar-refractivity contribution < 1.29 is 18.7 Å². The second kappa shape index (κ2) is 7.20. The quantitative estimate of drug-likeness (QED) is 0.458. The normalized spacial score (nSPS) is 27.9. The highest BCUT2D eigenvalue weighted by Crippen LogP contribution is 2.53. The SMILES string of the molecule is CC(=O)NC[C@H]1CN(c2ccc(N3C[C@@H]4C(CN=[N+]=[N-])[C@@H]4C3)c(F)c2)C(=O)O1. The Kier molecular flexibility index (Phi) is 4.72. The summed E-state index contributed by atoms with van der Waals surface area (Å²) in [5.41, 5.74) is 9.37. The van der Waals surface area contributed by atoms with Crippen LogP contribution in [-0.2, 0) is 9.53 Å². The van der Waals surface area contributed by atoms with Crippen LogP contribution in [0.15, 0.2) is 23.3 Å². The molecular weight excluding hydrogens is 367 g/mol. The van der Waals surface area contributed by atoms with Gasteiger partial charge < -0.3 is 15.0 Å². The monoisotopic (exact) mass is 388 g/mol. The molecule has 28 heavy (non-hydrogen) atoms. The van der Waals surface area contributed by atoms with E-state index >= 15 is 0 Å². The molecule has 9 nitrogen and oxygen atoms in total. The van der Waals surface area contributed by atoms with Crippen LogP contribution in [0.2, 0.25) is 0 Å². The van der Waals surface area contributed by atoms with Crippen molar-refractivity contribution in [2.45, 2.75) is 13.0 Å². The molecule has 1 aliphatic carbocycles. The van der Waals surface area contributed by atoms with E-state index in [9.17, 15) is 14.0 Å². The molecule has 2 amide bonds. The smallest absolute Gasteiger partial charge is 0.414 e. The average Bonchev–Trinajstić information content (AvgIpc) is 2.98. The summed E-state index contributed by atoms with van der Waals surface area (Å²) in [6, 6.07) is 4.74. The van der Waals surface area contributed by atoms with Crippen LogP contribution in [0.3, 0.4) is 0 Å². The number of hydrogen-bond acceptors (Lipinski definition) is 5. The van der Waals surface area contributed by atoms with E-state index in [4.69, 9.17) is 10.3 Å². The Morgan fingerprint density at radius 1 is 1.39 bits per heavy atom. The van der Waals surface area contributed by atoms with Crippen molar-refractivity contribution in [3.8, 4) is 0 Å². The molecular formula is C18H21FN6O3. The van der Waals surface area contributed by atoms with E-state index in [0.29, 0.717) is 35.7 Å². The Morgan fingerprint density at radius 2 is 2.14 bits per heavy atom. The number of carbonyl (C=O) groups excluding carboxylic acids is 2. The summed E-state index contributed by atoms with van der Waals surface area (Å²) in [6.07, 6.45) is -1.01. The molecule has 0 aromatic heterocycles. The minimum Gasteiger partial charge on any atom is -0.442 e. The molecule has 1 N–H and O–H groups in total. The highest BCUT2D eigenvalue weighted by atomic mass is 19.1. The minimum absolute atomic E-state index is 0.199. The molecule has 148 valence electrons. The summed E-state index contributed by atoms with van der Waals surface area (Å²) >= 11 is 0. The van der Waals surface area contributed by atoms with Gasteiger partial charge >= 0.3 is 6.09 Å². The summed E-state index contributed by atoms with van der Waals surface area (Å²) < 4.78 is 19.9. The van der Waals surface area contributed by atoms with Gasteiger partial charge in [-0.3, -0.25) is 9.69 Å². The highest BCUT2D eigenvalue weighted by Gasteiger charge is 2.55. The maximum atomic E-state index is 14.7. The van der Waals surface area contributed by atoms with Crippen LogP contribution in [0.1, 0.15) is 6.92 Å². The molecule has 4 atom stereocenters. The number of amides is 2. The number of ether oxygens (including phenoxy) is 1. The Hall–Kier alpha value is -3.00. The molecule has 0 spiro atoms. The molecule has 2 aliphatic heterocycles. The third-order valence-electron chi connectivity index (χ3n) is 5.76. The van der Waals surface area contributed by atoms with Crippen molar-refractivity contribution >= 4 is 23.4 Å². The van der Waals surface area contributed by atoms with Crippen LogP contribution in [-0.4, -0.2) is 50.8 Å².